The van der Waals surface area contributed by atoms with E-state index in [2.05, 4.69) is 31.5 Å². The molecule has 6 heteroatoms. The molecule has 0 bridgehead atoms. The first-order valence-electron chi connectivity index (χ1n) is 5.32. The van der Waals surface area contributed by atoms with Crippen LogP contribution in [-0.4, -0.2) is 45.1 Å². The molecule has 94 valence electrons. The van der Waals surface area contributed by atoms with Crippen LogP contribution in [0.25, 0.3) is 0 Å². The second-order valence-electron chi connectivity index (χ2n) is 3.78. The van der Waals surface area contributed by atoms with Crippen molar-refractivity contribution in [3.8, 4) is 0 Å². The Morgan fingerprint density at radius 1 is 1.47 bits per heavy atom. The van der Waals surface area contributed by atoms with Crippen molar-refractivity contribution in [1.82, 2.24) is 15.6 Å². The zero-order valence-corrected chi connectivity index (χ0v) is 11.8. The summed E-state index contributed by atoms with van der Waals surface area (Å²) < 4.78 is 0.793. The lowest BCUT2D eigenvalue weighted by Gasteiger charge is -2.16. The van der Waals surface area contributed by atoms with Crippen LogP contribution in [0.1, 0.15) is 10.4 Å². The van der Waals surface area contributed by atoms with Gasteiger partial charge in [0.1, 0.15) is 5.82 Å². The molecule has 17 heavy (non-hydrogen) atoms. The van der Waals surface area contributed by atoms with Gasteiger partial charge in [-0.05, 0) is 29.0 Å². The number of amides is 1. The van der Waals surface area contributed by atoms with E-state index in [4.69, 9.17) is 0 Å². The van der Waals surface area contributed by atoms with Crippen LogP contribution in [0.3, 0.4) is 0 Å². The number of hydrogen-bond donors (Lipinski definition) is 2. The summed E-state index contributed by atoms with van der Waals surface area (Å²) in [6, 6.07) is 1.77. The van der Waals surface area contributed by atoms with Gasteiger partial charge in [-0.2, -0.15) is 0 Å². The molecule has 0 radical (unpaired) electrons. The highest BCUT2D eigenvalue weighted by atomic mass is 79.9. The van der Waals surface area contributed by atoms with E-state index in [1.807, 2.05) is 26.0 Å². The zero-order chi connectivity index (χ0) is 12.8. The van der Waals surface area contributed by atoms with E-state index in [-0.39, 0.29) is 5.91 Å². The van der Waals surface area contributed by atoms with Gasteiger partial charge in [0.2, 0.25) is 0 Å². The van der Waals surface area contributed by atoms with E-state index in [0.717, 1.165) is 11.0 Å². The van der Waals surface area contributed by atoms with Gasteiger partial charge in [-0.3, -0.25) is 4.79 Å². The Bertz CT molecular complexity index is 395. The summed E-state index contributed by atoms with van der Waals surface area (Å²) in [5, 5.41) is 5.81. The smallest absolute Gasteiger partial charge is 0.255 e. The largest absolute Gasteiger partial charge is 0.362 e. The van der Waals surface area contributed by atoms with Gasteiger partial charge in [0.25, 0.3) is 5.91 Å². The number of carbonyl (C=O) groups is 1. The second-order valence-corrected chi connectivity index (χ2v) is 4.69. The standard InChI is InChI=1S/C11H17BrN4O/c1-13-4-5-14-11(17)9-6-8(12)7-15-10(9)16(2)3/h6-7,13H,4-5H2,1-3H3,(H,14,17). The molecule has 0 atom stereocenters. The van der Waals surface area contributed by atoms with E-state index in [9.17, 15) is 4.79 Å². The topological polar surface area (TPSA) is 57.3 Å². The van der Waals surface area contributed by atoms with E-state index in [1.165, 1.54) is 0 Å². The Morgan fingerprint density at radius 2 is 2.18 bits per heavy atom. The van der Waals surface area contributed by atoms with Crippen molar-refractivity contribution < 1.29 is 4.79 Å². The molecule has 0 aromatic carbocycles. The third-order valence-electron chi connectivity index (χ3n) is 2.16. The molecule has 0 aliphatic carbocycles. The van der Waals surface area contributed by atoms with Crippen LogP contribution in [0.2, 0.25) is 0 Å². The number of rotatable bonds is 5. The quantitative estimate of drug-likeness (QED) is 0.792. The third-order valence-corrected chi connectivity index (χ3v) is 2.60. The van der Waals surface area contributed by atoms with Crippen molar-refractivity contribution in [3.63, 3.8) is 0 Å². The minimum absolute atomic E-state index is 0.113. The number of hydrogen-bond acceptors (Lipinski definition) is 4. The van der Waals surface area contributed by atoms with Crippen LogP contribution < -0.4 is 15.5 Å². The summed E-state index contributed by atoms with van der Waals surface area (Å²) in [5.74, 6) is 0.549. The predicted molar refractivity (Wildman–Crippen MR) is 72.5 cm³/mol. The first-order valence-corrected chi connectivity index (χ1v) is 6.11. The number of pyridine rings is 1. The first kappa shape index (κ1) is 13.9. The zero-order valence-electron chi connectivity index (χ0n) is 10.2. The van der Waals surface area contributed by atoms with E-state index in [0.29, 0.717) is 17.9 Å². The highest BCUT2D eigenvalue weighted by Gasteiger charge is 2.14. The molecular formula is C11H17BrN4O. The molecule has 1 amide bonds. The number of nitrogens with one attached hydrogen (secondary N) is 2. The molecule has 0 aliphatic rings. The SMILES string of the molecule is CNCCNC(=O)c1cc(Br)cnc1N(C)C. The van der Waals surface area contributed by atoms with Crippen molar-refractivity contribution >= 4 is 27.7 Å². The van der Waals surface area contributed by atoms with Crippen molar-refractivity contribution in [2.24, 2.45) is 0 Å². The molecule has 0 fully saturated rings. The van der Waals surface area contributed by atoms with E-state index in [1.54, 1.807) is 12.3 Å². The Balaban J connectivity index is 2.87. The van der Waals surface area contributed by atoms with Gasteiger partial charge in [0.05, 0.1) is 5.56 Å². The fourth-order valence-corrected chi connectivity index (χ4v) is 1.68. The van der Waals surface area contributed by atoms with Crippen LogP contribution in [-0.2, 0) is 0 Å². The number of anilines is 1. The lowest BCUT2D eigenvalue weighted by Crippen LogP contribution is -2.31. The summed E-state index contributed by atoms with van der Waals surface area (Å²) in [5.41, 5.74) is 0.570. The Labute approximate surface area is 110 Å². The summed E-state index contributed by atoms with van der Waals surface area (Å²) >= 11 is 3.32. The lowest BCUT2D eigenvalue weighted by molar-refractivity contribution is 0.0954. The molecule has 1 aromatic heterocycles. The predicted octanol–water partition coefficient (Wildman–Crippen LogP) is 0.859. The minimum Gasteiger partial charge on any atom is -0.362 e. The number of aromatic nitrogens is 1. The average molecular weight is 301 g/mol. The first-order chi connectivity index (χ1) is 8.06. The third kappa shape index (κ3) is 3.98. The van der Waals surface area contributed by atoms with Gasteiger partial charge in [-0.15, -0.1) is 0 Å². The molecule has 1 heterocycles. The number of likely N-dealkylation sites (N-methyl/N-ethyl adjacent to an activating group) is 1. The van der Waals surface area contributed by atoms with Crippen molar-refractivity contribution in [2.45, 2.75) is 0 Å². The minimum atomic E-state index is -0.113. The summed E-state index contributed by atoms with van der Waals surface area (Å²) in [6.45, 7) is 1.33. The molecule has 0 unspecified atom stereocenters. The van der Waals surface area contributed by atoms with Crippen LogP contribution in [0.15, 0.2) is 16.7 Å². The number of halogens is 1. The molecule has 1 rings (SSSR count). The second kappa shape index (κ2) is 6.56. The normalized spacial score (nSPS) is 10.1. The highest BCUT2D eigenvalue weighted by molar-refractivity contribution is 9.10. The average Bonchev–Trinajstić information content (AvgIpc) is 2.28. The van der Waals surface area contributed by atoms with E-state index >= 15 is 0 Å². The maximum absolute atomic E-state index is 12.0. The molecule has 1 aromatic rings. The molecular weight excluding hydrogens is 284 g/mol. The Hall–Kier alpha value is -1.14. The fourth-order valence-electron chi connectivity index (χ4n) is 1.35. The van der Waals surface area contributed by atoms with Gasteiger partial charge >= 0.3 is 0 Å². The van der Waals surface area contributed by atoms with Crippen molar-refractivity contribution in [3.05, 3.63) is 22.3 Å². The number of carbonyl (C=O) groups excluding carboxylic acids is 1. The molecule has 0 spiro atoms. The Morgan fingerprint density at radius 3 is 2.76 bits per heavy atom. The van der Waals surface area contributed by atoms with Gasteiger partial charge in [-0.1, -0.05) is 0 Å². The molecule has 0 saturated carbocycles. The molecule has 0 aliphatic heterocycles. The fraction of sp³-hybridized carbons (Fsp3) is 0.455. The maximum atomic E-state index is 12.0. The van der Waals surface area contributed by atoms with E-state index < -0.39 is 0 Å². The van der Waals surface area contributed by atoms with Crippen LogP contribution >= 0.6 is 15.9 Å². The lowest BCUT2D eigenvalue weighted by atomic mass is 10.2. The summed E-state index contributed by atoms with van der Waals surface area (Å²) in [6.07, 6.45) is 1.68. The maximum Gasteiger partial charge on any atom is 0.255 e. The summed E-state index contributed by atoms with van der Waals surface area (Å²) in [4.78, 5) is 18.0. The van der Waals surface area contributed by atoms with Crippen LogP contribution in [0.5, 0.6) is 0 Å². The number of nitrogens with zero attached hydrogens (tertiary/aromatic N) is 2. The van der Waals surface area contributed by atoms with Gasteiger partial charge in [0.15, 0.2) is 0 Å². The highest BCUT2D eigenvalue weighted by Crippen LogP contribution is 2.19. The van der Waals surface area contributed by atoms with Crippen LogP contribution in [0.4, 0.5) is 5.82 Å². The van der Waals surface area contributed by atoms with Crippen molar-refractivity contribution in [2.75, 3.05) is 39.1 Å². The summed E-state index contributed by atoms with van der Waals surface area (Å²) in [7, 11) is 5.57. The van der Waals surface area contributed by atoms with Crippen molar-refractivity contribution in [1.29, 1.82) is 0 Å². The Kier molecular flexibility index (Phi) is 5.37. The monoisotopic (exact) mass is 300 g/mol. The van der Waals surface area contributed by atoms with Gasteiger partial charge < -0.3 is 15.5 Å². The van der Waals surface area contributed by atoms with Crippen LogP contribution in [0, 0.1) is 0 Å². The molecule has 0 saturated heterocycles. The van der Waals surface area contributed by atoms with Gasteiger partial charge in [-0.25, -0.2) is 4.98 Å². The molecule has 5 nitrogen and oxygen atoms in total. The molecule has 2 N–H and O–H groups in total. The van der Waals surface area contributed by atoms with Gasteiger partial charge in [0, 0.05) is 37.9 Å².